The number of halogens is 1. The van der Waals surface area contributed by atoms with Crippen LogP contribution in [0.25, 0.3) is 0 Å². The lowest BCUT2D eigenvalue weighted by Gasteiger charge is -2.12. The van der Waals surface area contributed by atoms with Crippen LogP contribution in [-0.4, -0.2) is 5.97 Å². The second-order valence-electron chi connectivity index (χ2n) is 3.03. The third kappa shape index (κ3) is 2.64. The molecule has 1 rings (SSSR count). The number of ether oxygens (including phenoxy) is 1. The number of esters is 1. The number of nitrogen functional groups attached to an aromatic ring is 1. The molecular weight excluding hydrogens is 202 g/mol. The first-order chi connectivity index (χ1) is 6.50. The number of rotatable bonds is 2. The fourth-order valence-electron chi connectivity index (χ4n) is 1.11. The Kier molecular flexibility index (Phi) is 3.36. The highest BCUT2D eigenvalue weighted by Gasteiger charge is 2.09. The van der Waals surface area contributed by atoms with E-state index >= 15 is 0 Å². The summed E-state index contributed by atoms with van der Waals surface area (Å²) in [7, 11) is 0. The van der Waals surface area contributed by atoms with Crippen molar-refractivity contribution < 1.29 is 9.53 Å². The maximum Gasteiger partial charge on any atom is 0.303 e. The predicted molar refractivity (Wildman–Crippen MR) is 56.0 cm³/mol. The number of carbonyl (C=O) groups excluding carboxylic acids is 1. The highest BCUT2D eigenvalue weighted by molar-refractivity contribution is 6.33. The number of hydrogen-bond donors (Lipinski definition) is 1. The molecule has 0 aliphatic carbocycles. The third-order valence-electron chi connectivity index (χ3n) is 1.84. The van der Waals surface area contributed by atoms with Gasteiger partial charge in [0.05, 0.1) is 10.7 Å². The van der Waals surface area contributed by atoms with Crippen LogP contribution in [-0.2, 0) is 9.53 Å². The summed E-state index contributed by atoms with van der Waals surface area (Å²) in [5.74, 6) is -0.314. The summed E-state index contributed by atoms with van der Waals surface area (Å²) in [6, 6.07) is 5.18. The Morgan fingerprint density at radius 1 is 1.57 bits per heavy atom. The molecule has 3 nitrogen and oxygen atoms in total. The summed E-state index contributed by atoms with van der Waals surface area (Å²) in [5.41, 5.74) is 6.90. The number of carbonyl (C=O) groups is 1. The van der Waals surface area contributed by atoms with Gasteiger partial charge in [-0.3, -0.25) is 4.79 Å². The van der Waals surface area contributed by atoms with Crippen molar-refractivity contribution >= 4 is 23.3 Å². The van der Waals surface area contributed by atoms with Crippen LogP contribution in [0.3, 0.4) is 0 Å². The van der Waals surface area contributed by atoms with Gasteiger partial charge in [0.2, 0.25) is 0 Å². The van der Waals surface area contributed by atoms with E-state index in [0.29, 0.717) is 10.7 Å². The molecule has 14 heavy (non-hydrogen) atoms. The molecule has 0 aliphatic rings. The van der Waals surface area contributed by atoms with Crippen LogP contribution in [0.4, 0.5) is 5.69 Å². The molecule has 76 valence electrons. The molecule has 1 atom stereocenters. The summed E-state index contributed by atoms with van der Waals surface area (Å²) in [6.07, 6.45) is -0.300. The van der Waals surface area contributed by atoms with Crippen molar-refractivity contribution in [3.63, 3.8) is 0 Å². The SMILES string of the molecule is CC(=O)OC(C)c1ccc(N)c(Cl)c1. The van der Waals surface area contributed by atoms with Crippen LogP contribution in [0.15, 0.2) is 18.2 Å². The highest BCUT2D eigenvalue weighted by Crippen LogP contribution is 2.25. The second-order valence-corrected chi connectivity index (χ2v) is 3.44. The largest absolute Gasteiger partial charge is 0.458 e. The van der Waals surface area contributed by atoms with Gasteiger partial charge in [0.25, 0.3) is 0 Å². The summed E-state index contributed by atoms with van der Waals surface area (Å²) in [5, 5.41) is 0.474. The fraction of sp³-hybridized carbons (Fsp3) is 0.300. The molecule has 2 N–H and O–H groups in total. The standard InChI is InChI=1S/C10H12ClNO2/c1-6(14-7(2)13)8-3-4-10(12)9(11)5-8/h3-6H,12H2,1-2H3. The van der Waals surface area contributed by atoms with Crippen molar-refractivity contribution in [2.24, 2.45) is 0 Å². The summed E-state index contributed by atoms with van der Waals surface area (Å²) in [4.78, 5) is 10.7. The first-order valence-corrected chi connectivity index (χ1v) is 4.60. The summed E-state index contributed by atoms with van der Waals surface area (Å²) in [6.45, 7) is 3.15. The van der Waals surface area contributed by atoms with E-state index in [1.165, 1.54) is 6.92 Å². The Labute approximate surface area is 87.8 Å². The molecule has 0 heterocycles. The maximum atomic E-state index is 10.7. The molecule has 1 aromatic carbocycles. The molecule has 4 heteroatoms. The van der Waals surface area contributed by atoms with Gasteiger partial charge < -0.3 is 10.5 Å². The van der Waals surface area contributed by atoms with Gasteiger partial charge >= 0.3 is 5.97 Å². The van der Waals surface area contributed by atoms with E-state index < -0.39 is 0 Å². The van der Waals surface area contributed by atoms with E-state index in [0.717, 1.165) is 5.56 Å². The second kappa shape index (κ2) is 4.33. The molecule has 0 aromatic heterocycles. The Balaban J connectivity index is 2.85. The normalized spacial score (nSPS) is 12.2. The number of anilines is 1. The van der Waals surface area contributed by atoms with Gasteiger partial charge in [-0.15, -0.1) is 0 Å². The first kappa shape index (κ1) is 10.9. The molecule has 0 radical (unpaired) electrons. The molecule has 0 saturated carbocycles. The van der Waals surface area contributed by atoms with Crippen molar-refractivity contribution in [3.05, 3.63) is 28.8 Å². The van der Waals surface area contributed by atoms with E-state index in [-0.39, 0.29) is 12.1 Å². The van der Waals surface area contributed by atoms with Crippen molar-refractivity contribution in [3.8, 4) is 0 Å². The van der Waals surface area contributed by atoms with Crippen LogP contribution in [0.5, 0.6) is 0 Å². The molecule has 1 aromatic rings. The van der Waals surface area contributed by atoms with Gasteiger partial charge in [0.1, 0.15) is 6.10 Å². The smallest absolute Gasteiger partial charge is 0.303 e. The Morgan fingerprint density at radius 2 is 2.21 bits per heavy atom. The van der Waals surface area contributed by atoms with Gasteiger partial charge in [-0.25, -0.2) is 0 Å². The van der Waals surface area contributed by atoms with Gasteiger partial charge in [-0.2, -0.15) is 0 Å². The fourth-order valence-corrected chi connectivity index (χ4v) is 1.30. The van der Waals surface area contributed by atoms with Crippen molar-refractivity contribution in [2.45, 2.75) is 20.0 Å². The first-order valence-electron chi connectivity index (χ1n) is 4.23. The molecule has 0 amide bonds. The van der Waals surface area contributed by atoms with Crippen molar-refractivity contribution in [1.82, 2.24) is 0 Å². The Morgan fingerprint density at radius 3 is 2.71 bits per heavy atom. The lowest BCUT2D eigenvalue weighted by molar-refractivity contribution is -0.145. The van der Waals surface area contributed by atoms with Crippen molar-refractivity contribution in [1.29, 1.82) is 0 Å². The van der Waals surface area contributed by atoms with Crippen LogP contribution < -0.4 is 5.73 Å². The van der Waals surface area contributed by atoms with E-state index in [1.807, 2.05) is 0 Å². The lowest BCUT2D eigenvalue weighted by atomic mass is 10.1. The van der Waals surface area contributed by atoms with E-state index in [9.17, 15) is 4.79 Å². The summed E-state index contributed by atoms with van der Waals surface area (Å²) < 4.78 is 4.99. The summed E-state index contributed by atoms with van der Waals surface area (Å²) >= 11 is 5.83. The van der Waals surface area contributed by atoms with E-state index in [2.05, 4.69) is 0 Å². The van der Waals surface area contributed by atoms with Crippen LogP contribution in [0, 0.1) is 0 Å². The zero-order chi connectivity index (χ0) is 10.7. The average molecular weight is 214 g/mol. The van der Waals surface area contributed by atoms with Crippen LogP contribution >= 0.6 is 11.6 Å². The van der Waals surface area contributed by atoms with Gasteiger partial charge in [0.15, 0.2) is 0 Å². The number of hydrogen-bond acceptors (Lipinski definition) is 3. The zero-order valence-electron chi connectivity index (χ0n) is 8.08. The predicted octanol–water partition coefficient (Wildman–Crippen LogP) is 2.55. The lowest BCUT2D eigenvalue weighted by Crippen LogP contribution is -2.04. The van der Waals surface area contributed by atoms with Gasteiger partial charge in [-0.1, -0.05) is 17.7 Å². The van der Waals surface area contributed by atoms with Gasteiger partial charge in [-0.05, 0) is 24.6 Å². The molecule has 0 saturated heterocycles. The molecule has 0 spiro atoms. The molecule has 1 unspecified atom stereocenters. The minimum Gasteiger partial charge on any atom is -0.458 e. The van der Waals surface area contributed by atoms with Gasteiger partial charge in [0, 0.05) is 6.92 Å². The Hall–Kier alpha value is -1.22. The number of benzene rings is 1. The maximum absolute atomic E-state index is 10.7. The van der Waals surface area contributed by atoms with Crippen LogP contribution in [0.2, 0.25) is 5.02 Å². The van der Waals surface area contributed by atoms with Crippen LogP contribution in [0.1, 0.15) is 25.5 Å². The minimum absolute atomic E-state index is 0.300. The third-order valence-corrected chi connectivity index (χ3v) is 2.16. The minimum atomic E-state index is -0.314. The monoisotopic (exact) mass is 213 g/mol. The molecule has 0 fully saturated rings. The van der Waals surface area contributed by atoms with Crippen molar-refractivity contribution in [2.75, 3.05) is 5.73 Å². The van der Waals surface area contributed by atoms with E-state index in [1.54, 1.807) is 25.1 Å². The Bertz CT molecular complexity index is 352. The topological polar surface area (TPSA) is 52.3 Å². The quantitative estimate of drug-likeness (QED) is 0.607. The highest BCUT2D eigenvalue weighted by atomic mass is 35.5. The van der Waals surface area contributed by atoms with E-state index in [4.69, 9.17) is 22.1 Å². The molecular formula is C10H12ClNO2. The number of nitrogens with two attached hydrogens (primary N) is 1. The molecule has 0 aliphatic heterocycles. The molecule has 0 bridgehead atoms. The zero-order valence-corrected chi connectivity index (χ0v) is 8.84. The average Bonchev–Trinajstić information content (AvgIpc) is 2.08.